The minimum absolute atomic E-state index is 0.516. The highest BCUT2D eigenvalue weighted by Crippen LogP contribution is 2.38. The molecule has 0 saturated carbocycles. The number of piperidine rings is 1. The highest BCUT2D eigenvalue weighted by Gasteiger charge is 2.26. The lowest BCUT2D eigenvalue weighted by atomic mass is 9.96. The van der Waals surface area contributed by atoms with Gasteiger partial charge in [-0.25, -0.2) is 11.6 Å². The minimum atomic E-state index is 0.516. The van der Waals surface area contributed by atoms with Crippen LogP contribution in [0.5, 0.6) is 0 Å². The van der Waals surface area contributed by atoms with Crippen molar-refractivity contribution in [1.82, 2.24) is 9.55 Å². The van der Waals surface area contributed by atoms with Crippen molar-refractivity contribution in [1.29, 1.82) is 0 Å². The van der Waals surface area contributed by atoms with Crippen LogP contribution in [0.4, 0.5) is 5.69 Å². The Hall–Kier alpha value is -2.22. The maximum absolute atomic E-state index is 7.14. The summed E-state index contributed by atoms with van der Waals surface area (Å²) in [5.74, 6) is 0.516. The molecule has 0 bridgehead atoms. The van der Waals surface area contributed by atoms with Gasteiger partial charge in [0.05, 0.1) is 10.7 Å². The number of hydrogen-bond donors (Lipinski definition) is 0. The topological polar surface area (TPSA) is 25.4 Å². The highest BCUT2D eigenvalue weighted by molar-refractivity contribution is 6.35. The predicted molar refractivity (Wildman–Crippen MR) is 122 cm³/mol. The average Bonchev–Trinajstić information content (AvgIpc) is 2.93. The maximum Gasteiger partial charge on any atom is 0.217 e. The van der Waals surface area contributed by atoms with E-state index in [0.717, 1.165) is 48.7 Å². The normalized spacial score (nSPS) is 15.1. The predicted octanol–water partition coefficient (Wildman–Crippen LogP) is 6.39. The van der Waals surface area contributed by atoms with E-state index in [9.17, 15) is 0 Å². The van der Waals surface area contributed by atoms with Gasteiger partial charge in [-0.2, -0.15) is 0 Å². The van der Waals surface area contributed by atoms with Crippen molar-refractivity contribution in [2.24, 2.45) is 5.92 Å². The third-order valence-electron chi connectivity index (χ3n) is 6.03. The largest absolute Gasteiger partial charge is 0.371 e. The van der Waals surface area contributed by atoms with E-state index in [1.54, 1.807) is 6.07 Å². The van der Waals surface area contributed by atoms with Crippen molar-refractivity contribution in [3.63, 3.8) is 0 Å². The van der Waals surface area contributed by atoms with Crippen molar-refractivity contribution >= 4 is 39.9 Å². The molecule has 1 fully saturated rings. The third-order valence-corrected chi connectivity index (χ3v) is 6.57. The van der Waals surface area contributed by atoms with Crippen molar-refractivity contribution < 1.29 is 0 Å². The highest BCUT2D eigenvalue weighted by atomic mass is 35.5. The van der Waals surface area contributed by atoms with E-state index in [1.807, 2.05) is 19.1 Å². The summed E-state index contributed by atoms with van der Waals surface area (Å²) in [7, 11) is 0. The first-order valence-corrected chi connectivity index (χ1v) is 10.7. The van der Waals surface area contributed by atoms with E-state index in [4.69, 9.17) is 34.8 Å². The molecule has 0 aliphatic carbocycles. The standard InChI is InChI=1S/C23H24Cl2N4/c1-14-11-21(28-9-7-17(8-10-28)13-26-4)22-15(2)16(3)29(23(22)27-14)20-6-5-18(24)12-19(20)25/h5-6,11-12,17H,7-10,13H2,1-3H3. The van der Waals surface area contributed by atoms with Crippen LogP contribution in [0.3, 0.4) is 0 Å². The van der Waals surface area contributed by atoms with Gasteiger partial charge in [0, 0.05) is 46.5 Å². The van der Waals surface area contributed by atoms with E-state index in [-0.39, 0.29) is 0 Å². The molecule has 1 aliphatic rings. The molecule has 1 aromatic carbocycles. The van der Waals surface area contributed by atoms with Crippen molar-refractivity contribution in [2.75, 3.05) is 24.5 Å². The Balaban J connectivity index is 1.86. The second-order valence-corrected chi connectivity index (χ2v) is 8.74. The first-order chi connectivity index (χ1) is 13.9. The summed E-state index contributed by atoms with van der Waals surface area (Å²) in [6.07, 6.45) is 2.12. The number of anilines is 1. The van der Waals surface area contributed by atoms with E-state index in [1.165, 1.54) is 16.6 Å². The lowest BCUT2D eigenvalue weighted by Crippen LogP contribution is -2.34. The molecule has 2 aromatic heterocycles. The van der Waals surface area contributed by atoms with Gasteiger partial charge in [0.15, 0.2) is 0 Å². The van der Waals surface area contributed by atoms with Crippen LogP contribution >= 0.6 is 23.2 Å². The molecule has 0 radical (unpaired) electrons. The molecule has 3 aromatic rings. The first kappa shape index (κ1) is 20.1. The molecule has 0 spiro atoms. The molecule has 0 N–H and O–H groups in total. The fraction of sp³-hybridized carbons (Fsp3) is 0.391. The van der Waals surface area contributed by atoms with Crippen LogP contribution < -0.4 is 4.90 Å². The van der Waals surface area contributed by atoms with E-state index in [2.05, 4.69) is 34.2 Å². The zero-order valence-corrected chi connectivity index (χ0v) is 18.5. The Morgan fingerprint density at radius 3 is 2.48 bits per heavy atom. The quantitative estimate of drug-likeness (QED) is 0.453. The summed E-state index contributed by atoms with van der Waals surface area (Å²) < 4.78 is 2.14. The lowest BCUT2D eigenvalue weighted by molar-refractivity contribution is 0.431. The molecular formula is C23H24Cl2N4. The number of pyridine rings is 1. The molecule has 4 rings (SSSR count). The van der Waals surface area contributed by atoms with Gasteiger partial charge in [0.1, 0.15) is 5.65 Å². The van der Waals surface area contributed by atoms with Crippen molar-refractivity contribution in [3.8, 4) is 5.69 Å². The van der Waals surface area contributed by atoms with Gasteiger partial charge in [0.2, 0.25) is 6.54 Å². The maximum atomic E-state index is 7.14. The molecule has 6 heteroatoms. The Kier molecular flexibility index (Phi) is 5.46. The summed E-state index contributed by atoms with van der Waals surface area (Å²) >= 11 is 12.7. The van der Waals surface area contributed by atoms with Crippen LogP contribution in [0.15, 0.2) is 24.3 Å². The molecule has 150 valence electrons. The molecule has 3 heterocycles. The second kappa shape index (κ2) is 7.89. The fourth-order valence-corrected chi connectivity index (χ4v) is 4.85. The molecular weight excluding hydrogens is 403 g/mol. The summed E-state index contributed by atoms with van der Waals surface area (Å²) in [6.45, 7) is 16.0. The van der Waals surface area contributed by atoms with Crippen LogP contribution in [0.2, 0.25) is 10.0 Å². The zero-order chi connectivity index (χ0) is 20.7. The summed E-state index contributed by atoms with van der Waals surface area (Å²) in [6, 6.07) is 7.79. The SMILES string of the molecule is [C-]#[N+]CC1CCN(c2cc(C)nc3c2c(C)c(C)n3-c2ccc(Cl)cc2Cl)CC1. The number of aryl methyl sites for hydroxylation is 2. The molecule has 29 heavy (non-hydrogen) atoms. The second-order valence-electron chi connectivity index (χ2n) is 7.89. The lowest BCUT2D eigenvalue weighted by Gasteiger charge is -2.32. The van der Waals surface area contributed by atoms with Gasteiger partial charge in [-0.05, 0) is 63.4 Å². The molecule has 0 unspecified atom stereocenters. The number of halogens is 2. The number of aromatic nitrogens is 2. The van der Waals surface area contributed by atoms with Gasteiger partial charge < -0.3 is 9.74 Å². The van der Waals surface area contributed by atoms with Gasteiger partial charge in [-0.1, -0.05) is 23.2 Å². The van der Waals surface area contributed by atoms with E-state index < -0.39 is 0 Å². The van der Waals surface area contributed by atoms with Gasteiger partial charge >= 0.3 is 0 Å². The number of rotatable bonds is 3. The van der Waals surface area contributed by atoms with Crippen molar-refractivity contribution in [3.05, 3.63) is 62.7 Å². The third kappa shape index (κ3) is 3.58. The summed E-state index contributed by atoms with van der Waals surface area (Å²) in [5.41, 5.74) is 6.40. The van der Waals surface area contributed by atoms with Gasteiger partial charge in [0.25, 0.3) is 0 Å². The number of nitrogens with zero attached hydrogens (tertiary/aromatic N) is 4. The van der Waals surface area contributed by atoms with Crippen LogP contribution in [0.25, 0.3) is 21.6 Å². The zero-order valence-electron chi connectivity index (χ0n) is 17.0. The number of fused-ring (bicyclic) bond motifs is 1. The van der Waals surface area contributed by atoms with E-state index >= 15 is 0 Å². The molecule has 1 saturated heterocycles. The molecule has 4 nitrogen and oxygen atoms in total. The summed E-state index contributed by atoms with van der Waals surface area (Å²) in [4.78, 5) is 11.0. The number of hydrogen-bond acceptors (Lipinski definition) is 2. The van der Waals surface area contributed by atoms with Crippen LogP contribution in [0.1, 0.15) is 29.8 Å². The smallest absolute Gasteiger partial charge is 0.217 e. The average molecular weight is 427 g/mol. The molecule has 0 amide bonds. The Morgan fingerprint density at radius 2 is 1.83 bits per heavy atom. The number of benzene rings is 1. The Morgan fingerprint density at radius 1 is 1.10 bits per heavy atom. The Labute approximate surface area is 181 Å². The monoisotopic (exact) mass is 426 g/mol. The van der Waals surface area contributed by atoms with Gasteiger partial charge in [-0.15, -0.1) is 0 Å². The van der Waals surface area contributed by atoms with Crippen molar-refractivity contribution in [2.45, 2.75) is 33.6 Å². The molecule has 1 aliphatic heterocycles. The Bertz CT molecular complexity index is 1120. The van der Waals surface area contributed by atoms with E-state index in [0.29, 0.717) is 22.5 Å². The van der Waals surface area contributed by atoms with Crippen LogP contribution in [-0.2, 0) is 0 Å². The van der Waals surface area contributed by atoms with Crippen LogP contribution in [0, 0.1) is 33.3 Å². The fourth-order valence-electron chi connectivity index (χ4n) is 4.36. The first-order valence-electron chi connectivity index (χ1n) is 9.93. The summed E-state index contributed by atoms with van der Waals surface area (Å²) in [5, 5.41) is 2.42. The van der Waals surface area contributed by atoms with Gasteiger partial charge in [-0.3, -0.25) is 4.57 Å². The molecule has 0 atom stereocenters. The minimum Gasteiger partial charge on any atom is -0.371 e. The van der Waals surface area contributed by atoms with Crippen LogP contribution in [-0.4, -0.2) is 29.2 Å².